The quantitative estimate of drug-likeness (QED) is 0.551. The van der Waals surface area contributed by atoms with Gasteiger partial charge in [-0.1, -0.05) is 6.42 Å². The minimum Gasteiger partial charge on any atom is -0.394 e. The van der Waals surface area contributed by atoms with Crippen LogP contribution in [0.2, 0.25) is 0 Å². The molecular weight excluding hydrogens is 401 g/mol. The fourth-order valence-corrected chi connectivity index (χ4v) is 4.27. The van der Waals surface area contributed by atoms with E-state index in [0.717, 1.165) is 26.1 Å². The SMILES string of the molecule is O=C(CCN1CCCCC1)NCC[C@@H]1CC[C@@H](NC(=O)c2ccc(F)cc2)[C@H](CO)O1. The largest absolute Gasteiger partial charge is 0.394 e. The van der Waals surface area contributed by atoms with Gasteiger partial charge in [-0.05, 0) is 69.5 Å². The van der Waals surface area contributed by atoms with Gasteiger partial charge in [0.2, 0.25) is 5.91 Å². The zero-order valence-corrected chi connectivity index (χ0v) is 18.0. The Bertz CT molecular complexity index is 709. The van der Waals surface area contributed by atoms with Crippen LogP contribution in [0.4, 0.5) is 4.39 Å². The van der Waals surface area contributed by atoms with E-state index in [9.17, 15) is 19.1 Å². The van der Waals surface area contributed by atoms with Crippen LogP contribution in [0.3, 0.4) is 0 Å². The first kappa shape index (κ1) is 23.6. The molecule has 3 atom stereocenters. The topological polar surface area (TPSA) is 90.9 Å². The van der Waals surface area contributed by atoms with Gasteiger partial charge in [0.05, 0.1) is 18.8 Å². The highest BCUT2D eigenvalue weighted by molar-refractivity contribution is 5.94. The molecule has 0 saturated carbocycles. The summed E-state index contributed by atoms with van der Waals surface area (Å²) in [7, 11) is 0. The highest BCUT2D eigenvalue weighted by Crippen LogP contribution is 2.22. The molecule has 0 spiro atoms. The number of ether oxygens (including phenoxy) is 1. The van der Waals surface area contributed by atoms with E-state index in [2.05, 4.69) is 15.5 Å². The van der Waals surface area contributed by atoms with E-state index in [0.29, 0.717) is 31.4 Å². The van der Waals surface area contributed by atoms with Gasteiger partial charge in [-0.25, -0.2) is 4.39 Å². The molecule has 31 heavy (non-hydrogen) atoms. The number of piperidine rings is 1. The van der Waals surface area contributed by atoms with Crippen molar-refractivity contribution in [1.29, 1.82) is 0 Å². The van der Waals surface area contributed by atoms with E-state index in [1.165, 1.54) is 43.5 Å². The van der Waals surface area contributed by atoms with Crippen molar-refractivity contribution < 1.29 is 23.8 Å². The molecule has 1 aromatic rings. The third-order valence-corrected chi connectivity index (χ3v) is 6.11. The fraction of sp³-hybridized carbons (Fsp3) is 0.652. The summed E-state index contributed by atoms with van der Waals surface area (Å²) >= 11 is 0. The number of nitrogens with zero attached hydrogens (tertiary/aromatic N) is 1. The van der Waals surface area contributed by atoms with E-state index >= 15 is 0 Å². The predicted octanol–water partition coefficient (Wildman–Crippen LogP) is 1.85. The molecule has 2 fully saturated rings. The minimum atomic E-state index is -0.502. The molecule has 2 aliphatic rings. The zero-order valence-electron chi connectivity index (χ0n) is 18.0. The molecule has 1 aromatic carbocycles. The Morgan fingerprint density at radius 1 is 1.13 bits per heavy atom. The van der Waals surface area contributed by atoms with Gasteiger partial charge in [-0.2, -0.15) is 0 Å². The van der Waals surface area contributed by atoms with Gasteiger partial charge in [0.15, 0.2) is 0 Å². The molecule has 3 rings (SSSR count). The van der Waals surface area contributed by atoms with Gasteiger partial charge in [0, 0.05) is 25.1 Å². The lowest BCUT2D eigenvalue weighted by atomic mass is 9.96. The maximum atomic E-state index is 13.0. The molecule has 0 bridgehead atoms. The van der Waals surface area contributed by atoms with Crippen LogP contribution in [0, 0.1) is 5.82 Å². The van der Waals surface area contributed by atoms with Crippen LogP contribution in [0.15, 0.2) is 24.3 Å². The molecule has 8 heteroatoms. The Morgan fingerprint density at radius 3 is 2.58 bits per heavy atom. The Balaban J connectivity index is 1.35. The van der Waals surface area contributed by atoms with Crippen molar-refractivity contribution in [2.24, 2.45) is 0 Å². The first-order chi connectivity index (χ1) is 15.0. The van der Waals surface area contributed by atoms with E-state index in [4.69, 9.17) is 4.74 Å². The molecular formula is C23H34FN3O4. The maximum Gasteiger partial charge on any atom is 0.251 e. The number of hydrogen-bond donors (Lipinski definition) is 3. The van der Waals surface area contributed by atoms with Crippen molar-refractivity contribution in [2.45, 2.75) is 63.2 Å². The smallest absolute Gasteiger partial charge is 0.251 e. The van der Waals surface area contributed by atoms with Crippen molar-refractivity contribution in [3.63, 3.8) is 0 Å². The summed E-state index contributed by atoms with van der Waals surface area (Å²) in [5, 5.41) is 15.5. The first-order valence-electron chi connectivity index (χ1n) is 11.4. The van der Waals surface area contributed by atoms with Gasteiger partial charge >= 0.3 is 0 Å². The number of aliphatic hydroxyl groups is 1. The second kappa shape index (κ2) is 12.1. The monoisotopic (exact) mass is 435 g/mol. The third kappa shape index (κ3) is 7.55. The summed E-state index contributed by atoms with van der Waals surface area (Å²) in [6, 6.07) is 5.04. The van der Waals surface area contributed by atoms with Gasteiger partial charge in [-0.15, -0.1) is 0 Å². The van der Waals surface area contributed by atoms with Gasteiger partial charge in [0.25, 0.3) is 5.91 Å². The lowest BCUT2D eigenvalue weighted by Crippen LogP contribution is -2.51. The van der Waals surface area contributed by atoms with Gasteiger partial charge in [-0.3, -0.25) is 9.59 Å². The number of likely N-dealkylation sites (tertiary alicyclic amines) is 1. The standard InChI is InChI=1S/C23H34FN3O4/c24-18-6-4-17(5-7-18)23(30)26-20-9-8-19(31-21(20)16-28)10-12-25-22(29)11-15-27-13-2-1-3-14-27/h4-7,19-21,28H,1-3,8-16H2,(H,25,29)(H,26,30)/t19-,20+,21-/m0/s1. The predicted molar refractivity (Wildman–Crippen MR) is 115 cm³/mol. The Hall–Kier alpha value is -2.03. The molecule has 0 radical (unpaired) electrons. The van der Waals surface area contributed by atoms with E-state index in [1.54, 1.807) is 0 Å². The zero-order chi connectivity index (χ0) is 22.1. The van der Waals surface area contributed by atoms with Crippen LogP contribution in [0.25, 0.3) is 0 Å². The number of rotatable bonds is 9. The average molecular weight is 436 g/mol. The number of benzene rings is 1. The van der Waals surface area contributed by atoms with Crippen molar-refractivity contribution in [2.75, 3.05) is 32.8 Å². The molecule has 2 aliphatic heterocycles. The minimum absolute atomic E-state index is 0.0597. The van der Waals surface area contributed by atoms with Crippen molar-refractivity contribution >= 4 is 11.8 Å². The molecule has 0 aromatic heterocycles. The van der Waals surface area contributed by atoms with Gasteiger partial charge < -0.3 is 25.4 Å². The van der Waals surface area contributed by atoms with Crippen LogP contribution in [-0.4, -0.2) is 72.9 Å². The number of hydrogen-bond acceptors (Lipinski definition) is 5. The third-order valence-electron chi connectivity index (χ3n) is 6.11. The number of halogens is 1. The average Bonchev–Trinajstić information content (AvgIpc) is 2.79. The van der Waals surface area contributed by atoms with Crippen molar-refractivity contribution in [1.82, 2.24) is 15.5 Å². The van der Waals surface area contributed by atoms with Crippen LogP contribution in [-0.2, 0) is 9.53 Å². The van der Waals surface area contributed by atoms with Gasteiger partial charge in [0.1, 0.15) is 11.9 Å². The highest BCUT2D eigenvalue weighted by Gasteiger charge is 2.32. The maximum absolute atomic E-state index is 13.0. The Labute approximate surface area is 183 Å². The molecule has 2 saturated heterocycles. The highest BCUT2D eigenvalue weighted by atomic mass is 19.1. The number of carbonyl (C=O) groups is 2. The summed E-state index contributed by atoms with van der Waals surface area (Å²) in [6.07, 6.45) is 5.75. The molecule has 0 unspecified atom stereocenters. The molecule has 7 nitrogen and oxygen atoms in total. The molecule has 0 aliphatic carbocycles. The Kier molecular flexibility index (Phi) is 9.24. The van der Waals surface area contributed by atoms with Crippen LogP contribution in [0.1, 0.15) is 55.3 Å². The Morgan fingerprint density at radius 2 is 1.87 bits per heavy atom. The second-order valence-electron chi connectivity index (χ2n) is 8.43. The lowest BCUT2D eigenvalue weighted by Gasteiger charge is -2.36. The van der Waals surface area contributed by atoms with E-state index < -0.39 is 11.9 Å². The number of carbonyl (C=O) groups excluding carboxylic acids is 2. The van der Waals surface area contributed by atoms with Crippen LogP contribution in [0.5, 0.6) is 0 Å². The van der Waals surface area contributed by atoms with Crippen LogP contribution < -0.4 is 10.6 Å². The van der Waals surface area contributed by atoms with Crippen molar-refractivity contribution in [3.05, 3.63) is 35.6 Å². The van der Waals surface area contributed by atoms with E-state index in [-0.39, 0.29) is 30.6 Å². The fourth-order valence-electron chi connectivity index (χ4n) is 4.27. The summed E-state index contributed by atoms with van der Waals surface area (Å²) in [6.45, 7) is 3.32. The summed E-state index contributed by atoms with van der Waals surface area (Å²) < 4.78 is 19.0. The second-order valence-corrected chi connectivity index (χ2v) is 8.43. The first-order valence-corrected chi connectivity index (χ1v) is 11.4. The summed E-state index contributed by atoms with van der Waals surface area (Å²) in [4.78, 5) is 26.8. The number of aliphatic hydroxyl groups excluding tert-OH is 1. The summed E-state index contributed by atoms with van der Waals surface area (Å²) in [5.41, 5.74) is 0.368. The lowest BCUT2D eigenvalue weighted by molar-refractivity contribution is -0.122. The number of nitrogens with one attached hydrogen (secondary N) is 2. The molecule has 2 amide bonds. The van der Waals surface area contributed by atoms with E-state index in [1.807, 2.05) is 0 Å². The summed E-state index contributed by atoms with van der Waals surface area (Å²) in [5.74, 6) is -0.650. The molecule has 2 heterocycles. The van der Waals surface area contributed by atoms with Crippen LogP contribution >= 0.6 is 0 Å². The normalized spacial score (nSPS) is 24.5. The molecule has 172 valence electrons. The molecule has 3 N–H and O–H groups in total. The number of amides is 2. The van der Waals surface area contributed by atoms with Crippen molar-refractivity contribution in [3.8, 4) is 0 Å².